The van der Waals surface area contributed by atoms with Gasteiger partial charge in [-0.15, -0.1) is 0 Å². The van der Waals surface area contributed by atoms with Gasteiger partial charge < -0.3 is 9.63 Å². The highest BCUT2D eigenvalue weighted by Gasteiger charge is 2.23. The number of carboxylic acids is 1. The number of Topliss-reactive ketones (excluding diaryl/α,β-unsaturated/α-hetero) is 1. The number of hydrogen-bond donors (Lipinski definition) is 1. The molecule has 1 heterocycles. The third kappa shape index (κ3) is 6.55. The highest BCUT2D eigenvalue weighted by molar-refractivity contribution is 5.98. The first-order valence-corrected chi connectivity index (χ1v) is 14.0. The van der Waals surface area contributed by atoms with Crippen molar-refractivity contribution in [2.75, 3.05) is 0 Å². The van der Waals surface area contributed by atoms with E-state index in [1.54, 1.807) is 12.1 Å². The molecule has 0 aliphatic heterocycles. The molecule has 6 heteroatoms. The first-order valence-electron chi connectivity index (χ1n) is 14.0. The molecule has 0 amide bonds. The third-order valence-corrected chi connectivity index (χ3v) is 7.56. The minimum Gasteiger partial charge on any atom is -0.481 e. The van der Waals surface area contributed by atoms with Gasteiger partial charge in [-0.2, -0.15) is 4.98 Å². The molecule has 0 saturated heterocycles. The fraction of sp³-hybridized carbons (Fsp3) is 0.222. The largest absolute Gasteiger partial charge is 0.481 e. The summed E-state index contributed by atoms with van der Waals surface area (Å²) >= 11 is 0. The van der Waals surface area contributed by atoms with Gasteiger partial charge in [-0.3, -0.25) is 9.59 Å². The molecule has 0 fully saturated rings. The maximum atomic E-state index is 12.9. The van der Waals surface area contributed by atoms with Crippen LogP contribution >= 0.6 is 0 Å². The van der Waals surface area contributed by atoms with E-state index in [9.17, 15) is 14.7 Å². The number of aryl methyl sites for hydroxylation is 1. The summed E-state index contributed by atoms with van der Waals surface area (Å²) < 4.78 is 5.54. The number of aliphatic carboxylic acids is 1. The molecule has 4 aromatic carbocycles. The highest BCUT2D eigenvalue weighted by Crippen LogP contribution is 2.28. The van der Waals surface area contributed by atoms with Crippen molar-refractivity contribution in [3.05, 3.63) is 119 Å². The molecule has 0 saturated carbocycles. The average molecular weight is 559 g/mol. The Hall–Kier alpha value is -4.84. The van der Waals surface area contributed by atoms with Crippen molar-refractivity contribution in [3.8, 4) is 34.0 Å². The summed E-state index contributed by atoms with van der Waals surface area (Å²) in [4.78, 5) is 29.5. The lowest BCUT2D eigenvalue weighted by molar-refractivity contribution is -0.141. The average Bonchev–Trinajstić information content (AvgIpc) is 3.47. The van der Waals surface area contributed by atoms with Crippen molar-refractivity contribution in [1.82, 2.24) is 10.1 Å². The number of nitrogens with zero attached hydrogens (tertiary/aromatic N) is 2. The van der Waals surface area contributed by atoms with E-state index >= 15 is 0 Å². The molecule has 1 atom stereocenters. The number of hydrogen-bond acceptors (Lipinski definition) is 5. The Bertz CT molecular complexity index is 1690. The molecule has 0 bridgehead atoms. The monoisotopic (exact) mass is 558 g/mol. The van der Waals surface area contributed by atoms with Crippen LogP contribution < -0.4 is 0 Å². The van der Waals surface area contributed by atoms with Gasteiger partial charge in [0.05, 0.1) is 5.92 Å². The van der Waals surface area contributed by atoms with E-state index in [-0.39, 0.29) is 24.0 Å². The van der Waals surface area contributed by atoms with Crippen LogP contribution in [0.15, 0.2) is 102 Å². The number of aromatic nitrogens is 2. The van der Waals surface area contributed by atoms with E-state index in [1.807, 2.05) is 72.8 Å². The second kappa shape index (κ2) is 12.0. The summed E-state index contributed by atoms with van der Waals surface area (Å²) in [5.41, 5.74) is 7.54. The number of rotatable bonds is 9. The zero-order valence-electron chi connectivity index (χ0n) is 24.3. The lowest BCUT2D eigenvalue weighted by atomic mass is 9.86. The zero-order valence-corrected chi connectivity index (χ0v) is 24.3. The van der Waals surface area contributed by atoms with Gasteiger partial charge in [0.1, 0.15) is 0 Å². The van der Waals surface area contributed by atoms with Crippen molar-refractivity contribution in [2.45, 2.75) is 46.0 Å². The van der Waals surface area contributed by atoms with Crippen molar-refractivity contribution >= 4 is 11.8 Å². The second-order valence-electron chi connectivity index (χ2n) is 11.7. The van der Waals surface area contributed by atoms with Crippen LogP contribution in [-0.2, 0) is 16.6 Å². The minimum absolute atomic E-state index is 0.0200. The predicted molar refractivity (Wildman–Crippen MR) is 164 cm³/mol. The molecule has 5 rings (SSSR count). The Morgan fingerprint density at radius 1 is 0.810 bits per heavy atom. The van der Waals surface area contributed by atoms with Gasteiger partial charge in [0.2, 0.25) is 5.82 Å². The number of ketones is 1. The molecule has 0 spiro atoms. The number of carboxylic acid groups (broad SMARTS) is 1. The molecule has 0 unspecified atom stereocenters. The lowest BCUT2D eigenvalue weighted by Gasteiger charge is -2.19. The quantitative estimate of drug-likeness (QED) is 0.183. The number of benzene rings is 4. The minimum atomic E-state index is -0.991. The molecular formula is C36H34N2O4. The summed E-state index contributed by atoms with van der Waals surface area (Å²) in [6.45, 7) is 8.42. The van der Waals surface area contributed by atoms with E-state index < -0.39 is 11.9 Å². The molecule has 6 nitrogen and oxygen atoms in total. The van der Waals surface area contributed by atoms with E-state index in [0.29, 0.717) is 17.3 Å². The Balaban J connectivity index is 1.24. The van der Waals surface area contributed by atoms with Gasteiger partial charge in [0, 0.05) is 23.1 Å². The molecule has 0 aliphatic carbocycles. The van der Waals surface area contributed by atoms with E-state index in [4.69, 9.17) is 4.52 Å². The molecule has 42 heavy (non-hydrogen) atoms. The topological polar surface area (TPSA) is 93.3 Å². The maximum absolute atomic E-state index is 12.9. The predicted octanol–water partition coefficient (Wildman–Crippen LogP) is 8.19. The van der Waals surface area contributed by atoms with Crippen molar-refractivity contribution in [3.63, 3.8) is 0 Å². The first-order chi connectivity index (χ1) is 20.1. The fourth-order valence-corrected chi connectivity index (χ4v) is 4.97. The second-order valence-corrected chi connectivity index (χ2v) is 11.7. The summed E-state index contributed by atoms with van der Waals surface area (Å²) in [5, 5.41) is 14.0. The molecule has 0 aliphatic rings. The van der Waals surface area contributed by atoms with Gasteiger partial charge >= 0.3 is 5.97 Å². The van der Waals surface area contributed by atoms with Gasteiger partial charge in [-0.25, -0.2) is 0 Å². The molecule has 5 aromatic rings. The summed E-state index contributed by atoms with van der Waals surface area (Å²) in [6, 6.07) is 31.1. The highest BCUT2D eigenvalue weighted by atomic mass is 16.5. The van der Waals surface area contributed by atoms with E-state index in [1.165, 1.54) is 11.1 Å². The van der Waals surface area contributed by atoms with Crippen LogP contribution in [0.25, 0.3) is 34.0 Å². The Labute approximate surface area is 246 Å². The molecule has 212 valence electrons. The van der Waals surface area contributed by atoms with E-state index in [0.717, 1.165) is 27.8 Å². The van der Waals surface area contributed by atoms with Crippen LogP contribution in [-0.4, -0.2) is 27.0 Å². The molecular weight excluding hydrogens is 524 g/mol. The summed E-state index contributed by atoms with van der Waals surface area (Å²) in [7, 11) is 0. The maximum Gasteiger partial charge on any atom is 0.307 e. The van der Waals surface area contributed by atoms with E-state index in [2.05, 4.69) is 50.0 Å². The number of carbonyl (C=O) groups is 2. The van der Waals surface area contributed by atoms with Gasteiger partial charge in [-0.05, 0) is 58.7 Å². The van der Waals surface area contributed by atoms with Crippen LogP contribution in [0.5, 0.6) is 0 Å². The Morgan fingerprint density at radius 3 is 2.05 bits per heavy atom. The lowest BCUT2D eigenvalue weighted by Crippen LogP contribution is -2.20. The van der Waals surface area contributed by atoms with Crippen LogP contribution in [0.1, 0.15) is 54.2 Å². The molecule has 1 N–H and O–H groups in total. The first kappa shape index (κ1) is 28.7. The van der Waals surface area contributed by atoms with Crippen molar-refractivity contribution in [1.29, 1.82) is 0 Å². The van der Waals surface area contributed by atoms with Crippen molar-refractivity contribution in [2.24, 2.45) is 5.92 Å². The zero-order chi connectivity index (χ0) is 29.9. The van der Waals surface area contributed by atoms with Crippen LogP contribution in [0.2, 0.25) is 0 Å². The third-order valence-electron chi connectivity index (χ3n) is 7.56. The van der Waals surface area contributed by atoms with Crippen LogP contribution in [0.3, 0.4) is 0 Å². The normalized spacial score (nSPS) is 12.2. The molecule has 0 radical (unpaired) electrons. The van der Waals surface area contributed by atoms with Gasteiger partial charge in [0.25, 0.3) is 5.89 Å². The van der Waals surface area contributed by atoms with Crippen LogP contribution in [0.4, 0.5) is 0 Å². The fourth-order valence-electron chi connectivity index (χ4n) is 4.97. The van der Waals surface area contributed by atoms with Gasteiger partial charge in [0.15, 0.2) is 5.78 Å². The Morgan fingerprint density at radius 2 is 1.43 bits per heavy atom. The molecule has 1 aromatic heterocycles. The van der Waals surface area contributed by atoms with Gasteiger partial charge in [-0.1, -0.05) is 111 Å². The SMILES string of the molecule is Cc1ccccc1-c1ccc(-c2nc(-c3ccc(C[C@H](CC(=O)c4ccc(C(C)(C)C)cc4)C(=O)O)cc3)no2)cc1. The van der Waals surface area contributed by atoms with Crippen molar-refractivity contribution < 1.29 is 19.2 Å². The standard InChI is InChI=1S/C36H34N2O4/c1-23-7-5-6-8-31(23)25-13-15-28(16-14-25)34-37-33(38-42-34)27-11-9-24(10-12-27)21-29(35(40)41)22-32(39)26-17-19-30(20-18-26)36(2,3)4/h5-20,29H,21-22H2,1-4H3,(H,40,41)/t29-/m1/s1. The summed E-state index contributed by atoms with van der Waals surface area (Å²) in [5.74, 6) is -1.13. The van der Waals surface area contributed by atoms with Crippen LogP contribution in [0, 0.1) is 12.8 Å². The number of carbonyl (C=O) groups excluding carboxylic acids is 1. The Kier molecular flexibility index (Phi) is 8.16. The summed E-state index contributed by atoms with van der Waals surface area (Å²) in [6.07, 6.45) is 0.176. The smallest absolute Gasteiger partial charge is 0.307 e.